The molecule has 1 aliphatic rings. The van der Waals surface area contributed by atoms with Gasteiger partial charge in [-0.05, 0) is 12.1 Å². The van der Waals surface area contributed by atoms with Crippen LogP contribution < -0.4 is 5.32 Å². The molecule has 17 heavy (non-hydrogen) atoms. The monoisotopic (exact) mass is 269 g/mol. The first-order valence-electron chi connectivity index (χ1n) is 5.44. The van der Waals surface area contributed by atoms with Gasteiger partial charge in [-0.3, -0.25) is 0 Å². The van der Waals surface area contributed by atoms with Crippen LogP contribution in [-0.2, 0) is 4.74 Å². The molecule has 0 unspecified atom stereocenters. The Balaban J connectivity index is 1.82. The number of imidazole rings is 1. The zero-order chi connectivity index (χ0) is 11.7. The first kappa shape index (κ1) is 11.2. The molecular formula is C11H12ClN3OS. The number of halogens is 1. The van der Waals surface area contributed by atoms with Crippen LogP contribution in [0.1, 0.15) is 11.9 Å². The number of morpholine rings is 1. The summed E-state index contributed by atoms with van der Waals surface area (Å²) < 4.78 is 6.20. The zero-order valence-corrected chi connectivity index (χ0v) is 10.6. The predicted molar refractivity (Wildman–Crippen MR) is 68.5 cm³/mol. The van der Waals surface area contributed by atoms with E-state index in [9.17, 15) is 0 Å². The van der Waals surface area contributed by atoms with Gasteiger partial charge in [0, 0.05) is 6.54 Å². The minimum absolute atomic E-state index is 0.160. The number of ether oxygens (including phenoxy) is 1. The summed E-state index contributed by atoms with van der Waals surface area (Å²) in [6.07, 6.45) is 1.84. The fourth-order valence-corrected chi connectivity index (χ4v) is 2.85. The highest BCUT2D eigenvalue weighted by atomic mass is 35.5. The molecule has 2 aromatic rings. The third kappa shape index (κ3) is 2.37. The van der Waals surface area contributed by atoms with Crippen molar-refractivity contribution in [3.8, 4) is 10.6 Å². The van der Waals surface area contributed by atoms with Crippen LogP contribution in [0.2, 0.25) is 4.34 Å². The van der Waals surface area contributed by atoms with Crippen LogP contribution >= 0.6 is 22.9 Å². The van der Waals surface area contributed by atoms with Gasteiger partial charge in [-0.1, -0.05) is 11.6 Å². The number of nitrogens with one attached hydrogen (secondary N) is 2. The Bertz CT molecular complexity index is 504. The molecule has 3 rings (SSSR count). The standard InChI is InChI=1S/C11H12ClN3OS/c12-10-2-1-9(17-10)7-5-14-11(15-7)8-6-16-4-3-13-8/h1-2,5,8,13H,3-4,6H2,(H,14,15)/t8-/m0/s1. The molecule has 0 saturated carbocycles. The van der Waals surface area contributed by atoms with Crippen molar-refractivity contribution in [1.82, 2.24) is 15.3 Å². The van der Waals surface area contributed by atoms with Crippen LogP contribution in [-0.4, -0.2) is 29.7 Å². The Morgan fingerprint density at radius 1 is 1.47 bits per heavy atom. The van der Waals surface area contributed by atoms with Crippen molar-refractivity contribution in [3.63, 3.8) is 0 Å². The highest BCUT2D eigenvalue weighted by Gasteiger charge is 2.18. The summed E-state index contributed by atoms with van der Waals surface area (Å²) in [6, 6.07) is 4.05. The topological polar surface area (TPSA) is 49.9 Å². The van der Waals surface area contributed by atoms with Crippen molar-refractivity contribution < 1.29 is 4.74 Å². The third-order valence-electron chi connectivity index (χ3n) is 2.69. The van der Waals surface area contributed by atoms with E-state index in [1.165, 1.54) is 0 Å². The van der Waals surface area contributed by atoms with Crippen LogP contribution in [0.5, 0.6) is 0 Å². The molecule has 1 aliphatic heterocycles. The molecule has 0 spiro atoms. The Hall–Kier alpha value is -0.880. The van der Waals surface area contributed by atoms with Crippen LogP contribution in [0.4, 0.5) is 0 Å². The van der Waals surface area contributed by atoms with E-state index in [2.05, 4.69) is 15.3 Å². The Labute approximate surface area is 108 Å². The van der Waals surface area contributed by atoms with E-state index >= 15 is 0 Å². The van der Waals surface area contributed by atoms with Crippen molar-refractivity contribution >= 4 is 22.9 Å². The van der Waals surface area contributed by atoms with E-state index < -0.39 is 0 Å². The van der Waals surface area contributed by atoms with Crippen LogP contribution in [0.25, 0.3) is 10.6 Å². The number of hydrogen-bond donors (Lipinski definition) is 2. The second kappa shape index (κ2) is 4.78. The lowest BCUT2D eigenvalue weighted by atomic mass is 10.2. The number of aromatic nitrogens is 2. The Kier molecular flexibility index (Phi) is 3.15. The fraction of sp³-hybridized carbons (Fsp3) is 0.364. The average molecular weight is 270 g/mol. The maximum absolute atomic E-state index is 5.92. The summed E-state index contributed by atoms with van der Waals surface area (Å²) in [7, 11) is 0. The molecule has 1 fully saturated rings. The van der Waals surface area contributed by atoms with Crippen molar-refractivity contribution in [2.45, 2.75) is 6.04 Å². The number of thiophene rings is 1. The van der Waals surface area contributed by atoms with Crippen molar-refractivity contribution in [2.75, 3.05) is 19.8 Å². The molecule has 1 saturated heterocycles. The smallest absolute Gasteiger partial charge is 0.126 e. The molecule has 6 heteroatoms. The second-order valence-corrected chi connectivity index (χ2v) is 5.58. The maximum Gasteiger partial charge on any atom is 0.126 e. The summed E-state index contributed by atoms with van der Waals surface area (Å²) in [5.41, 5.74) is 1.00. The predicted octanol–water partition coefficient (Wildman–Crippen LogP) is 2.45. The van der Waals surface area contributed by atoms with Gasteiger partial charge in [0.25, 0.3) is 0 Å². The Morgan fingerprint density at radius 3 is 3.12 bits per heavy atom. The van der Waals surface area contributed by atoms with Crippen LogP contribution in [0.15, 0.2) is 18.3 Å². The van der Waals surface area contributed by atoms with E-state index in [1.54, 1.807) is 11.3 Å². The molecule has 3 heterocycles. The van der Waals surface area contributed by atoms with Gasteiger partial charge >= 0.3 is 0 Å². The van der Waals surface area contributed by atoms with Crippen molar-refractivity contribution in [2.24, 2.45) is 0 Å². The zero-order valence-electron chi connectivity index (χ0n) is 9.07. The maximum atomic E-state index is 5.92. The van der Waals surface area contributed by atoms with E-state index in [1.807, 2.05) is 18.3 Å². The number of nitrogens with zero attached hydrogens (tertiary/aromatic N) is 1. The molecule has 0 aromatic carbocycles. The second-order valence-electron chi connectivity index (χ2n) is 3.87. The molecule has 4 nitrogen and oxygen atoms in total. The first-order valence-corrected chi connectivity index (χ1v) is 6.64. The highest BCUT2D eigenvalue weighted by Crippen LogP contribution is 2.30. The normalized spacial score (nSPS) is 20.6. The number of H-pyrrole nitrogens is 1. The van der Waals surface area contributed by atoms with Gasteiger partial charge in [0.2, 0.25) is 0 Å². The van der Waals surface area contributed by atoms with Crippen molar-refractivity contribution in [3.05, 3.63) is 28.5 Å². The van der Waals surface area contributed by atoms with Gasteiger partial charge in [0.1, 0.15) is 5.82 Å². The average Bonchev–Trinajstić information content (AvgIpc) is 2.98. The molecule has 90 valence electrons. The van der Waals surface area contributed by atoms with Gasteiger partial charge in [0.05, 0.1) is 40.4 Å². The lowest BCUT2D eigenvalue weighted by Crippen LogP contribution is -2.35. The fourth-order valence-electron chi connectivity index (χ4n) is 1.84. The largest absolute Gasteiger partial charge is 0.378 e. The van der Waals surface area contributed by atoms with E-state index in [4.69, 9.17) is 16.3 Å². The first-order chi connectivity index (χ1) is 8.33. The molecule has 0 aliphatic carbocycles. The SMILES string of the molecule is Clc1ccc(-c2cnc([C@@H]3COCCN3)[nH]2)s1. The van der Waals surface area contributed by atoms with Crippen LogP contribution in [0, 0.1) is 0 Å². The third-order valence-corrected chi connectivity index (χ3v) is 3.95. The lowest BCUT2D eigenvalue weighted by molar-refractivity contribution is 0.0745. The number of aromatic amines is 1. The number of hydrogen-bond acceptors (Lipinski definition) is 4. The molecular weight excluding hydrogens is 258 g/mol. The molecule has 1 atom stereocenters. The molecule has 0 radical (unpaired) electrons. The summed E-state index contributed by atoms with van der Waals surface area (Å²) in [5.74, 6) is 0.921. The Morgan fingerprint density at radius 2 is 2.41 bits per heavy atom. The van der Waals surface area contributed by atoms with Crippen molar-refractivity contribution in [1.29, 1.82) is 0 Å². The van der Waals surface area contributed by atoms with Gasteiger partial charge in [0.15, 0.2) is 0 Å². The summed E-state index contributed by atoms with van der Waals surface area (Å²) >= 11 is 7.46. The van der Waals surface area contributed by atoms with Gasteiger partial charge < -0.3 is 15.0 Å². The molecule has 2 aromatic heterocycles. The summed E-state index contributed by atoms with van der Waals surface area (Å²) in [6.45, 7) is 2.30. The lowest BCUT2D eigenvalue weighted by Gasteiger charge is -2.21. The summed E-state index contributed by atoms with van der Waals surface area (Å²) in [4.78, 5) is 8.80. The molecule has 2 N–H and O–H groups in total. The quantitative estimate of drug-likeness (QED) is 0.881. The van der Waals surface area contributed by atoms with Gasteiger partial charge in [-0.25, -0.2) is 4.98 Å². The highest BCUT2D eigenvalue weighted by molar-refractivity contribution is 7.19. The number of rotatable bonds is 2. The minimum atomic E-state index is 0.160. The van der Waals surface area contributed by atoms with E-state index in [-0.39, 0.29) is 6.04 Å². The summed E-state index contributed by atoms with van der Waals surface area (Å²) in [5, 5.41) is 3.36. The van der Waals surface area contributed by atoms with E-state index in [0.29, 0.717) is 6.61 Å². The molecule has 0 bridgehead atoms. The van der Waals surface area contributed by atoms with Gasteiger partial charge in [-0.15, -0.1) is 11.3 Å². The van der Waals surface area contributed by atoms with Gasteiger partial charge in [-0.2, -0.15) is 0 Å². The van der Waals surface area contributed by atoms with E-state index in [0.717, 1.165) is 33.9 Å². The molecule has 0 amide bonds. The minimum Gasteiger partial charge on any atom is -0.378 e. The van der Waals surface area contributed by atoms with Crippen LogP contribution in [0.3, 0.4) is 0 Å².